The van der Waals surface area contributed by atoms with E-state index < -0.39 is 23.9 Å². The number of nitrogens with two attached hydrogens (primary N) is 1. The van der Waals surface area contributed by atoms with Crippen molar-refractivity contribution in [2.45, 2.75) is 18.9 Å². The van der Waals surface area contributed by atoms with Crippen LogP contribution >= 0.6 is 11.6 Å². The molecule has 5 N–H and O–H groups in total. The lowest BCUT2D eigenvalue weighted by atomic mass is 10.1. The molecule has 0 spiro atoms. The number of carboxylic acids is 2. The van der Waals surface area contributed by atoms with Crippen molar-refractivity contribution in [1.82, 2.24) is 5.32 Å². The number of halogens is 1. The average Bonchev–Trinajstić information content (AvgIpc) is 2.33. The lowest BCUT2D eigenvalue weighted by Gasteiger charge is -2.14. The smallest absolute Gasteiger partial charge is 0.326 e. The fraction of sp³-hybridized carbons (Fsp3) is 0.250. The minimum atomic E-state index is -1.31. The van der Waals surface area contributed by atoms with Crippen LogP contribution in [0.15, 0.2) is 18.2 Å². The predicted molar refractivity (Wildman–Crippen MR) is 71.6 cm³/mol. The fourth-order valence-electron chi connectivity index (χ4n) is 1.48. The SMILES string of the molecule is Nc1ccc(C(=O)N[C@@H](CCC(=O)O)C(=O)O)c(Cl)c1. The molecule has 0 radical (unpaired) electrons. The van der Waals surface area contributed by atoms with Gasteiger partial charge >= 0.3 is 11.9 Å². The van der Waals surface area contributed by atoms with Gasteiger partial charge in [0.05, 0.1) is 10.6 Å². The average molecular weight is 301 g/mol. The maximum atomic E-state index is 11.9. The molecule has 1 rings (SSSR count). The number of hydrogen-bond donors (Lipinski definition) is 4. The predicted octanol–water partition coefficient (Wildman–Crippen LogP) is 0.970. The van der Waals surface area contributed by atoms with Crippen LogP contribution in [0, 0.1) is 0 Å². The standard InChI is InChI=1S/C12H13ClN2O5/c13-8-5-6(14)1-2-7(8)11(18)15-9(12(19)20)3-4-10(16)17/h1-2,5,9H,3-4,14H2,(H,15,18)(H,16,17)(H,19,20)/t9-/m0/s1. The second-order valence-corrected chi connectivity index (χ2v) is 4.44. The second kappa shape index (κ2) is 6.76. The summed E-state index contributed by atoms with van der Waals surface area (Å²) >= 11 is 5.83. The van der Waals surface area contributed by atoms with E-state index >= 15 is 0 Å². The lowest BCUT2D eigenvalue weighted by Crippen LogP contribution is -2.41. The Morgan fingerprint density at radius 2 is 1.95 bits per heavy atom. The topological polar surface area (TPSA) is 130 Å². The molecule has 108 valence electrons. The third-order valence-corrected chi connectivity index (χ3v) is 2.80. The third-order valence-electron chi connectivity index (χ3n) is 2.49. The van der Waals surface area contributed by atoms with Gasteiger partial charge in [-0.3, -0.25) is 9.59 Å². The van der Waals surface area contributed by atoms with Crippen molar-refractivity contribution in [1.29, 1.82) is 0 Å². The van der Waals surface area contributed by atoms with Gasteiger partial charge in [-0.2, -0.15) is 0 Å². The van der Waals surface area contributed by atoms with Crippen LogP contribution in [0.4, 0.5) is 5.69 Å². The molecule has 0 saturated carbocycles. The number of nitrogens with one attached hydrogen (secondary N) is 1. The van der Waals surface area contributed by atoms with E-state index in [9.17, 15) is 14.4 Å². The number of carbonyl (C=O) groups excluding carboxylic acids is 1. The molecular weight excluding hydrogens is 288 g/mol. The molecule has 1 amide bonds. The van der Waals surface area contributed by atoms with Crippen molar-refractivity contribution < 1.29 is 24.6 Å². The van der Waals surface area contributed by atoms with Crippen LogP contribution in [0.25, 0.3) is 0 Å². The zero-order valence-corrected chi connectivity index (χ0v) is 11.1. The van der Waals surface area contributed by atoms with Gasteiger partial charge in [0.25, 0.3) is 5.91 Å². The van der Waals surface area contributed by atoms with Crippen molar-refractivity contribution in [3.63, 3.8) is 0 Å². The Kier molecular flexibility index (Phi) is 5.33. The summed E-state index contributed by atoms with van der Waals surface area (Å²) < 4.78 is 0. The summed E-state index contributed by atoms with van der Waals surface area (Å²) in [4.78, 5) is 33.3. The first-order valence-corrected chi connectivity index (χ1v) is 5.99. The summed E-state index contributed by atoms with van der Waals surface area (Å²) in [5.74, 6) is -3.16. The molecule has 0 aromatic heterocycles. The number of amides is 1. The van der Waals surface area contributed by atoms with Gasteiger partial charge < -0.3 is 21.3 Å². The van der Waals surface area contributed by atoms with Gasteiger partial charge in [0.15, 0.2) is 0 Å². The molecule has 0 saturated heterocycles. The molecule has 1 aromatic carbocycles. The minimum absolute atomic E-state index is 0.0717. The second-order valence-electron chi connectivity index (χ2n) is 4.04. The first-order valence-electron chi connectivity index (χ1n) is 5.61. The molecule has 0 heterocycles. The minimum Gasteiger partial charge on any atom is -0.481 e. The quantitative estimate of drug-likeness (QED) is 0.579. The van der Waals surface area contributed by atoms with Gasteiger partial charge in [0, 0.05) is 12.1 Å². The molecule has 0 bridgehead atoms. The Balaban J connectivity index is 2.80. The lowest BCUT2D eigenvalue weighted by molar-refractivity contribution is -0.140. The summed E-state index contributed by atoms with van der Waals surface area (Å²) in [7, 11) is 0. The van der Waals surface area contributed by atoms with Crippen LogP contribution in [0.3, 0.4) is 0 Å². The fourth-order valence-corrected chi connectivity index (χ4v) is 1.75. The van der Waals surface area contributed by atoms with E-state index in [1.807, 2.05) is 0 Å². The third kappa shape index (κ3) is 4.43. The number of carboxylic acid groups (broad SMARTS) is 2. The molecular formula is C12H13ClN2O5. The molecule has 0 aliphatic carbocycles. The van der Waals surface area contributed by atoms with Gasteiger partial charge in [-0.05, 0) is 24.6 Å². The summed E-state index contributed by atoms with van der Waals surface area (Å²) in [5.41, 5.74) is 5.92. The van der Waals surface area contributed by atoms with Gasteiger partial charge in [0.2, 0.25) is 0 Å². The number of hydrogen-bond acceptors (Lipinski definition) is 4. The van der Waals surface area contributed by atoms with Crippen LogP contribution in [0.5, 0.6) is 0 Å². The largest absolute Gasteiger partial charge is 0.481 e. The molecule has 7 nitrogen and oxygen atoms in total. The number of nitrogen functional groups attached to an aromatic ring is 1. The van der Waals surface area contributed by atoms with E-state index in [4.69, 9.17) is 27.5 Å². The van der Waals surface area contributed by atoms with Crippen molar-refractivity contribution in [3.05, 3.63) is 28.8 Å². The van der Waals surface area contributed by atoms with Crippen molar-refractivity contribution in [2.24, 2.45) is 0 Å². The molecule has 20 heavy (non-hydrogen) atoms. The molecule has 0 unspecified atom stereocenters. The molecule has 0 aliphatic rings. The van der Waals surface area contributed by atoms with E-state index in [0.717, 1.165) is 0 Å². The highest BCUT2D eigenvalue weighted by Gasteiger charge is 2.22. The monoisotopic (exact) mass is 300 g/mol. The van der Waals surface area contributed by atoms with E-state index in [-0.39, 0.29) is 23.4 Å². The molecule has 8 heteroatoms. The molecule has 0 aliphatic heterocycles. The maximum Gasteiger partial charge on any atom is 0.326 e. The van der Waals surface area contributed by atoms with Crippen molar-refractivity contribution in [2.75, 3.05) is 5.73 Å². The summed E-state index contributed by atoms with van der Waals surface area (Å²) in [5, 5.41) is 19.8. The van der Waals surface area contributed by atoms with E-state index in [2.05, 4.69) is 5.32 Å². The number of rotatable bonds is 6. The molecule has 1 aromatic rings. The van der Waals surface area contributed by atoms with Crippen LogP contribution in [-0.2, 0) is 9.59 Å². The number of anilines is 1. The first kappa shape index (κ1) is 15.8. The number of benzene rings is 1. The van der Waals surface area contributed by atoms with Crippen molar-refractivity contribution in [3.8, 4) is 0 Å². The van der Waals surface area contributed by atoms with Crippen LogP contribution in [0.2, 0.25) is 5.02 Å². The Morgan fingerprint density at radius 3 is 2.45 bits per heavy atom. The Morgan fingerprint density at radius 1 is 1.30 bits per heavy atom. The summed E-state index contributed by atoms with van der Waals surface area (Å²) in [6, 6.07) is 2.88. The molecule has 0 fully saturated rings. The van der Waals surface area contributed by atoms with Crippen LogP contribution in [-0.4, -0.2) is 34.1 Å². The van der Waals surface area contributed by atoms with Crippen LogP contribution < -0.4 is 11.1 Å². The first-order chi connectivity index (χ1) is 9.31. The summed E-state index contributed by atoms with van der Waals surface area (Å²) in [6.45, 7) is 0. The van der Waals surface area contributed by atoms with Crippen LogP contribution in [0.1, 0.15) is 23.2 Å². The normalized spacial score (nSPS) is 11.7. The Hall–Kier alpha value is -2.28. The maximum absolute atomic E-state index is 11.9. The Bertz CT molecular complexity index is 547. The number of carbonyl (C=O) groups is 3. The summed E-state index contributed by atoms with van der Waals surface area (Å²) in [6.07, 6.45) is -0.588. The Labute approximate surface area is 119 Å². The van der Waals surface area contributed by atoms with E-state index in [1.165, 1.54) is 18.2 Å². The van der Waals surface area contributed by atoms with Crippen molar-refractivity contribution >= 4 is 35.1 Å². The highest BCUT2D eigenvalue weighted by Crippen LogP contribution is 2.19. The van der Waals surface area contributed by atoms with Gasteiger partial charge in [-0.25, -0.2) is 4.79 Å². The highest BCUT2D eigenvalue weighted by molar-refractivity contribution is 6.34. The zero-order valence-electron chi connectivity index (χ0n) is 10.3. The highest BCUT2D eigenvalue weighted by atomic mass is 35.5. The zero-order chi connectivity index (χ0) is 15.3. The number of aliphatic carboxylic acids is 2. The van der Waals surface area contributed by atoms with Gasteiger partial charge in [-0.15, -0.1) is 0 Å². The molecule has 1 atom stereocenters. The van der Waals surface area contributed by atoms with E-state index in [0.29, 0.717) is 5.69 Å². The van der Waals surface area contributed by atoms with Gasteiger partial charge in [-0.1, -0.05) is 11.6 Å². The van der Waals surface area contributed by atoms with Gasteiger partial charge in [0.1, 0.15) is 6.04 Å². The van der Waals surface area contributed by atoms with E-state index in [1.54, 1.807) is 0 Å².